The van der Waals surface area contributed by atoms with Crippen molar-refractivity contribution in [2.24, 2.45) is 11.7 Å². The van der Waals surface area contributed by atoms with Crippen LogP contribution in [0, 0.1) is 12.8 Å². The number of sulfonamides is 1. The molecule has 22 heavy (non-hydrogen) atoms. The van der Waals surface area contributed by atoms with Gasteiger partial charge in [-0.15, -0.1) is 11.3 Å². The van der Waals surface area contributed by atoms with Gasteiger partial charge in [0.05, 0.1) is 4.90 Å². The second-order valence-corrected chi connectivity index (χ2v) is 8.58. The van der Waals surface area contributed by atoms with Crippen molar-refractivity contribution in [3.63, 3.8) is 0 Å². The third kappa shape index (κ3) is 2.81. The van der Waals surface area contributed by atoms with Crippen molar-refractivity contribution in [3.05, 3.63) is 35.3 Å². The molecule has 0 radical (unpaired) electrons. The van der Waals surface area contributed by atoms with Crippen LogP contribution in [0.4, 0.5) is 0 Å². The molecule has 0 saturated carbocycles. The molecule has 3 rings (SSSR count). The fourth-order valence-electron chi connectivity index (χ4n) is 2.57. The van der Waals surface area contributed by atoms with Crippen LogP contribution < -0.4 is 5.73 Å². The maximum absolute atomic E-state index is 12.8. The molecule has 2 heterocycles. The number of hydrogen-bond donors (Lipinski definition) is 1. The van der Waals surface area contributed by atoms with Crippen molar-refractivity contribution in [3.8, 4) is 10.6 Å². The summed E-state index contributed by atoms with van der Waals surface area (Å²) in [6.07, 6.45) is 0. The van der Waals surface area contributed by atoms with Gasteiger partial charge in [0.15, 0.2) is 0 Å². The standard InChI is InChI=1S/C15H19N3O2S2/c1-10-7-18(8-14(10)16)22(19,20)13-5-3-4-12(6-13)15-17-11(2)9-21-15/h3-6,9-10,14H,7-8,16H2,1-2H3. The molecular formula is C15H19N3O2S2. The Morgan fingerprint density at radius 2 is 2.14 bits per heavy atom. The van der Waals surface area contributed by atoms with Crippen LogP contribution >= 0.6 is 11.3 Å². The first-order valence-electron chi connectivity index (χ1n) is 7.16. The number of nitrogens with zero attached hydrogens (tertiary/aromatic N) is 2. The van der Waals surface area contributed by atoms with Gasteiger partial charge in [-0.2, -0.15) is 4.31 Å². The zero-order valence-corrected chi connectivity index (χ0v) is 14.2. The predicted molar refractivity (Wildman–Crippen MR) is 88.2 cm³/mol. The minimum Gasteiger partial charge on any atom is -0.326 e. The average Bonchev–Trinajstić information content (AvgIpc) is 3.06. The van der Waals surface area contributed by atoms with E-state index in [-0.39, 0.29) is 12.0 Å². The Bertz CT molecular complexity index is 776. The summed E-state index contributed by atoms with van der Waals surface area (Å²) in [6.45, 7) is 4.76. The summed E-state index contributed by atoms with van der Waals surface area (Å²) in [5.41, 5.74) is 7.72. The van der Waals surface area contributed by atoms with E-state index in [4.69, 9.17) is 5.73 Å². The van der Waals surface area contributed by atoms with Crippen LogP contribution in [0.1, 0.15) is 12.6 Å². The molecule has 1 aliphatic rings. The van der Waals surface area contributed by atoms with Crippen LogP contribution in [0.15, 0.2) is 34.5 Å². The van der Waals surface area contributed by atoms with E-state index in [1.54, 1.807) is 18.2 Å². The monoisotopic (exact) mass is 337 g/mol. The van der Waals surface area contributed by atoms with Gasteiger partial charge in [0.1, 0.15) is 5.01 Å². The van der Waals surface area contributed by atoms with E-state index in [1.165, 1.54) is 15.6 Å². The largest absolute Gasteiger partial charge is 0.326 e. The number of hydrogen-bond acceptors (Lipinski definition) is 5. The summed E-state index contributed by atoms with van der Waals surface area (Å²) in [6, 6.07) is 6.88. The minimum atomic E-state index is -3.50. The molecule has 0 aliphatic carbocycles. The molecule has 2 atom stereocenters. The number of aryl methyl sites for hydroxylation is 1. The van der Waals surface area contributed by atoms with Crippen molar-refractivity contribution in [2.75, 3.05) is 13.1 Å². The molecule has 1 fully saturated rings. The lowest BCUT2D eigenvalue weighted by Gasteiger charge is -2.16. The highest BCUT2D eigenvalue weighted by Crippen LogP contribution is 2.28. The quantitative estimate of drug-likeness (QED) is 0.930. The first kappa shape index (κ1) is 15.6. The summed E-state index contributed by atoms with van der Waals surface area (Å²) >= 11 is 1.52. The second kappa shape index (κ2) is 5.73. The fourth-order valence-corrected chi connectivity index (χ4v) is 4.99. The van der Waals surface area contributed by atoms with Gasteiger partial charge in [0.2, 0.25) is 10.0 Å². The Labute approximate surface area is 134 Å². The Hall–Kier alpha value is -1.28. The molecule has 2 aromatic rings. The van der Waals surface area contributed by atoms with E-state index in [0.717, 1.165) is 16.3 Å². The van der Waals surface area contributed by atoms with Gasteiger partial charge in [-0.1, -0.05) is 19.1 Å². The molecule has 118 valence electrons. The third-order valence-corrected chi connectivity index (χ3v) is 6.81. The Morgan fingerprint density at radius 3 is 2.73 bits per heavy atom. The average molecular weight is 337 g/mol. The number of benzene rings is 1. The third-order valence-electron chi connectivity index (χ3n) is 3.97. The maximum Gasteiger partial charge on any atom is 0.243 e. The summed E-state index contributed by atoms with van der Waals surface area (Å²) in [5.74, 6) is 0.180. The van der Waals surface area contributed by atoms with Gasteiger partial charge in [0, 0.05) is 35.8 Å². The van der Waals surface area contributed by atoms with Crippen LogP contribution in [-0.4, -0.2) is 36.8 Å². The van der Waals surface area contributed by atoms with Gasteiger partial charge >= 0.3 is 0 Å². The van der Waals surface area contributed by atoms with Gasteiger partial charge in [-0.25, -0.2) is 13.4 Å². The first-order valence-corrected chi connectivity index (χ1v) is 9.48. The van der Waals surface area contributed by atoms with E-state index in [2.05, 4.69) is 4.98 Å². The summed E-state index contributed by atoms with van der Waals surface area (Å²) in [7, 11) is -3.50. The molecule has 5 nitrogen and oxygen atoms in total. The lowest BCUT2D eigenvalue weighted by molar-refractivity contribution is 0.464. The van der Waals surface area contributed by atoms with Crippen LogP contribution in [0.2, 0.25) is 0 Å². The molecule has 0 spiro atoms. The minimum absolute atomic E-state index is 0.0976. The van der Waals surface area contributed by atoms with Crippen LogP contribution in [-0.2, 0) is 10.0 Å². The number of nitrogens with two attached hydrogens (primary N) is 1. The molecule has 0 amide bonds. The van der Waals surface area contributed by atoms with Crippen LogP contribution in [0.25, 0.3) is 10.6 Å². The Kier molecular flexibility index (Phi) is 4.07. The molecule has 1 aromatic carbocycles. The van der Waals surface area contributed by atoms with Gasteiger partial charge in [-0.05, 0) is 25.0 Å². The second-order valence-electron chi connectivity index (χ2n) is 5.79. The summed E-state index contributed by atoms with van der Waals surface area (Å²) < 4.78 is 27.0. The molecule has 2 unspecified atom stereocenters. The van der Waals surface area contributed by atoms with Crippen LogP contribution in [0.3, 0.4) is 0 Å². The smallest absolute Gasteiger partial charge is 0.243 e. The molecule has 0 bridgehead atoms. The topological polar surface area (TPSA) is 76.3 Å². The molecule has 2 N–H and O–H groups in total. The van der Waals surface area contributed by atoms with Gasteiger partial charge in [-0.3, -0.25) is 0 Å². The number of rotatable bonds is 3. The maximum atomic E-state index is 12.8. The van der Waals surface area contributed by atoms with Crippen molar-refractivity contribution in [1.82, 2.24) is 9.29 Å². The normalized spacial score (nSPS) is 23.0. The highest BCUT2D eigenvalue weighted by molar-refractivity contribution is 7.89. The molecule has 1 aromatic heterocycles. The van der Waals surface area contributed by atoms with Gasteiger partial charge in [0.25, 0.3) is 0 Å². The lowest BCUT2D eigenvalue weighted by atomic mass is 10.1. The van der Waals surface area contributed by atoms with Crippen molar-refractivity contribution >= 4 is 21.4 Å². The zero-order chi connectivity index (χ0) is 15.9. The van der Waals surface area contributed by atoms with E-state index >= 15 is 0 Å². The molecule has 1 aliphatic heterocycles. The van der Waals surface area contributed by atoms with Crippen molar-refractivity contribution in [2.45, 2.75) is 24.8 Å². The van der Waals surface area contributed by atoms with Gasteiger partial charge < -0.3 is 5.73 Å². The number of aromatic nitrogens is 1. The highest BCUT2D eigenvalue weighted by atomic mass is 32.2. The van der Waals surface area contributed by atoms with Crippen LogP contribution in [0.5, 0.6) is 0 Å². The Morgan fingerprint density at radius 1 is 1.36 bits per heavy atom. The Balaban J connectivity index is 1.95. The van der Waals surface area contributed by atoms with Crippen molar-refractivity contribution < 1.29 is 8.42 Å². The first-order chi connectivity index (χ1) is 10.4. The molecule has 7 heteroatoms. The van der Waals surface area contributed by atoms with Crippen molar-refractivity contribution in [1.29, 1.82) is 0 Å². The lowest BCUT2D eigenvalue weighted by Crippen LogP contribution is -2.32. The fraction of sp³-hybridized carbons (Fsp3) is 0.400. The molecule has 1 saturated heterocycles. The van der Waals surface area contributed by atoms with E-state index in [1.807, 2.05) is 25.3 Å². The highest BCUT2D eigenvalue weighted by Gasteiger charge is 2.35. The summed E-state index contributed by atoms with van der Waals surface area (Å²) in [4.78, 5) is 4.72. The van der Waals surface area contributed by atoms with E-state index in [9.17, 15) is 8.42 Å². The number of thiazole rings is 1. The SMILES string of the molecule is Cc1csc(-c2cccc(S(=O)(=O)N3CC(C)C(N)C3)c2)n1. The zero-order valence-electron chi connectivity index (χ0n) is 12.6. The van der Waals surface area contributed by atoms with E-state index < -0.39 is 10.0 Å². The molecular weight excluding hydrogens is 318 g/mol. The van der Waals surface area contributed by atoms with E-state index in [0.29, 0.717) is 18.0 Å². The predicted octanol–water partition coefficient (Wildman–Crippen LogP) is 2.09. The summed E-state index contributed by atoms with van der Waals surface area (Å²) in [5, 5.41) is 2.79.